The third-order valence-corrected chi connectivity index (χ3v) is 8.01. The summed E-state index contributed by atoms with van der Waals surface area (Å²) in [5.74, 6) is -4.16. The predicted molar refractivity (Wildman–Crippen MR) is 173 cm³/mol. The molecule has 1 aromatic carbocycles. The molecule has 2 aliphatic heterocycles. The summed E-state index contributed by atoms with van der Waals surface area (Å²) in [6, 6.07) is 8.43. The van der Waals surface area contributed by atoms with Crippen LogP contribution in [-0.2, 0) is 42.9 Å². The molecule has 3 rings (SSSR count). The molecule has 0 spiro atoms. The van der Waals surface area contributed by atoms with Crippen LogP contribution in [0.4, 0.5) is 10.5 Å². The first kappa shape index (κ1) is 38.4. The summed E-state index contributed by atoms with van der Waals surface area (Å²) in [6.45, 7) is 4.22. The summed E-state index contributed by atoms with van der Waals surface area (Å²) >= 11 is 0. The third kappa shape index (κ3) is 11.9. The molecule has 48 heavy (non-hydrogen) atoms. The Morgan fingerprint density at radius 2 is 1.40 bits per heavy atom. The summed E-state index contributed by atoms with van der Waals surface area (Å²) < 4.78 is 28.8. The van der Waals surface area contributed by atoms with Gasteiger partial charge < -0.3 is 39.4 Å². The highest BCUT2D eigenvalue weighted by atomic mass is 16.7. The standard InChI is InChI=1S/C34H49N3O11/c1-4-6-17-35-26(39)19-22-13-11-12-14-23(20-27(40)36-18-7-5-2)32(42)47-30-29(46-31(22)41)28(25(21-38)45-33(30)44-3)48-34(43)37-24-15-9-8-10-16-24/h8-12,15-16,22-23,25,28-30,33,38H,4-7,13-14,17-21H2,1-3H3,(H,35,39)(H,36,40)(H,37,43)/t22-,23-,25-,28-,29+,30+,33+/m1/s1. The SMILES string of the molecule is CCCCNC(=O)C[C@H]1CC=CC[C@H](CC(=O)NCCCC)C(=O)O[C@@H]2[C@@H](OC)O[C@H](CO)[C@@H](OC(=O)Nc3ccccc3)[C@@H]2OC1=O. The Bertz CT molecular complexity index is 1230. The van der Waals surface area contributed by atoms with Gasteiger partial charge in [0.05, 0.1) is 18.4 Å². The molecule has 0 bridgehead atoms. The highest BCUT2D eigenvalue weighted by Crippen LogP contribution is 2.32. The van der Waals surface area contributed by atoms with Crippen molar-refractivity contribution in [1.29, 1.82) is 0 Å². The number of unbranched alkanes of at least 4 members (excludes halogenated alkanes) is 2. The van der Waals surface area contributed by atoms with Crippen LogP contribution in [0.2, 0.25) is 0 Å². The van der Waals surface area contributed by atoms with Crippen LogP contribution in [0, 0.1) is 11.8 Å². The average Bonchev–Trinajstić information content (AvgIpc) is 3.07. The summed E-state index contributed by atoms with van der Waals surface area (Å²) in [5, 5.41) is 18.4. The number of benzene rings is 1. The van der Waals surface area contributed by atoms with Crippen LogP contribution in [0.15, 0.2) is 42.5 Å². The molecule has 0 aromatic heterocycles. The monoisotopic (exact) mass is 675 g/mol. The molecule has 1 aromatic rings. The molecule has 0 aliphatic carbocycles. The quantitative estimate of drug-likeness (QED) is 0.0983. The molecule has 2 heterocycles. The molecule has 0 radical (unpaired) electrons. The number of aliphatic hydroxyl groups excluding tert-OH is 1. The number of para-hydroxylation sites is 1. The first-order chi connectivity index (χ1) is 23.2. The van der Waals surface area contributed by atoms with Crippen molar-refractivity contribution in [3.05, 3.63) is 42.5 Å². The maximum absolute atomic E-state index is 13.7. The zero-order valence-corrected chi connectivity index (χ0v) is 27.9. The fourth-order valence-corrected chi connectivity index (χ4v) is 5.32. The van der Waals surface area contributed by atoms with E-state index in [2.05, 4.69) is 16.0 Å². The minimum absolute atomic E-state index is 0.0928. The Labute approximate surface area is 281 Å². The molecule has 0 saturated carbocycles. The van der Waals surface area contributed by atoms with E-state index in [9.17, 15) is 29.1 Å². The lowest BCUT2D eigenvalue weighted by molar-refractivity contribution is -0.300. The Morgan fingerprint density at radius 1 is 0.854 bits per heavy atom. The van der Waals surface area contributed by atoms with E-state index in [-0.39, 0.29) is 37.5 Å². The number of amides is 3. The van der Waals surface area contributed by atoms with Crippen LogP contribution in [0.5, 0.6) is 0 Å². The van der Waals surface area contributed by atoms with Crippen molar-refractivity contribution >= 4 is 35.5 Å². The Balaban J connectivity index is 1.97. The van der Waals surface area contributed by atoms with E-state index in [1.807, 2.05) is 13.8 Å². The maximum Gasteiger partial charge on any atom is 0.412 e. The van der Waals surface area contributed by atoms with E-state index in [1.165, 1.54) is 7.11 Å². The van der Waals surface area contributed by atoms with Crippen molar-refractivity contribution in [3.8, 4) is 0 Å². The van der Waals surface area contributed by atoms with Gasteiger partial charge >= 0.3 is 18.0 Å². The number of hydrogen-bond acceptors (Lipinski definition) is 11. The van der Waals surface area contributed by atoms with E-state index in [0.29, 0.717) is 18.8 Å². The van der Waals surface area contributed by atoms with Crippen molar-refractivity contribution in [1.82, 2.24) is 10.6 Å². The number of allylic oxidation sites excluding steroid dienone is 2. The molecule has 1 fully saturated rings. The van der Waals surface area contributed by atoms with Crippen LogP contribution in [0.25, 0.3) is 0 Å². The van der Waals surface area contributed by atoms with Crippen molar-refractivity contribution < 1.29 is 52.8 Å². The first-order valence-corrected chi connectivity index (χ1v) is 16.6. The number of methoxy groups -OCH3 is 1. The second-order valence-corrected chi connectivity index (χ2v) is 11.8. The van der Waals surface area contributed by atoms with Gasteiger partial charge in [-0.15, -0.1) is 0 Å². The molecule has 266 valence electrons. The fraction of sp³-hybridized carbons (Fsp3) is 0.618. The topological polar surface area (TPSA) is 188 Å². The van der Waals surface area contributed by atoms with E-state index >= 15 is 0 Å². The first-order valence-electron chi connectivity index (χ1n) is 16.6. The second kappa shape index (κ2) is 20.4. The molecule has 14 nitrogen and oxygen atoms in total. The largest absolute Gasteiger partial charge is 0.454 e. The van der Waals surface area contributed by atoms with Gasteiger partial charge in [-0.1, -0.05) is 57.0 Å². The maximum atomic E-state index is 13.7. The van der Waals surface area contributed by atoms with Gasteiger partial charge in [0.2, 0.25) is 11.8 Å². The summed E-state index contributed by atoms with van der Waals surface area (Å²) in [5.41, 5.74) is 0.411. The smallest absolute Gasteiger partial charge is 0.412 e. The van der Waals surface area contributed by atoms with Crippen LogP contribution in [0.3, 0.4) is 0 Å². The molecule has 0 unspecified atom stereocenters. The van der Waals surface area contributed by atoms with E-state index < -0.39 is 67.2 Å². The number of aliphatic hydroxyl groups is 1. The van der Waals surface area contributed by atoms with Crippen molar-refractivity contribution in [3.63, 3.8) is 0 Å². The van der Waals surface area contributed by atoms with E-state index in [0.717, 1.165) is 25.7 Å². The Hall–Kier alpha value is -4.01. The lowest BCUT2D eigenvalue weighted by Gasteiger charge is -2.44. The molecule has 14 heteroatoms. The highest BCUT2D eigenvalue weighted by molar-refractivity contribution is 5.85. The van der Waals surface area contributed by atoms with Crippen molar-refractivity contribution in [2.75, 3.05) is 32.1 Å². The molecule has 2 aliphatic rings. The lowest BCUT2D eigenvalue weighted by Crippen LogP contribution is -2.63. The molecule has 3 amide bonds. The molecule has 1 saturated heterocycles. The van der Waals surface area contributed by atoms with Gasteiger partial charge in [-0.05, 0) is 37.8 Å². The van der Waals surface area contributed by atoms with Gasteiger partial charge in [0, 0.05) is 38.7 Å². The number of anilines is 1. The summed E-state index contributed by atoms with van der Waals surface area (Å²) in [7, 11) is 1.27. The average molecular weight is 676 g/mol. The van der Waals surface area contributed by atoms with Crippen LogP contribution >= 0.6 is 0 Å². The van der Waals surface area contributed by atoms with Crippen molar-refractivity contribution in [2.45, 2.75) is 95.9 Å². The number of esters is 2. The number of hydrogen-bond donors (Lipinski definition) is 4. The number of carbonyl (C=O) groups is 5. The van der Waals surface area contributed by atoms with Crippen LogP contribution in [-0.4, -0.2) is 92.5 Å². The summed E-state index contributed by atoms with van der Waals surface area (Å²) in [6.07, 6.45) is -1.55. The number of carbonyl (C=O) groups excluding carboxylic acids is 5. The third-order valence-electron chi connectivity index (χ3n) is 8.01. The van der Waals surface area contributed by atoms with E-state index in [4.69, 9.17) is 23.7 Å². The van der Waals surface area contributed by atoms with Crippen LogP contribution < -0.4 is 16.0 Å². The van der Waals surface area contributed by atoms with Crippen LogP contribution in [0.1, 0.15) is 65.2 Å². The lowest BCUT2D eigenvalue weighted by atomic mass is 9.94. The second-order valence-electron chi connectivity index (χ2n) is 11.8. The van der Waals surface area contributed by atoms with Crippen molar-refractivity contribution in [2.24, 2.45) is 11.8 Å². The predicted octanol–water partition coefficient (Wildman–Crippen LogP) is 2.99. The summed E-state index contributed by atoms with van der Waals surface area (Å²) in [4.78, 5) is 66.0. The van der Waals surface area contributed by atoms with Gasteiger partial charge in [0.25, 0.3) is 0 Å². The molecular weight excluding hydrogens is 626 g/mol. The molecular formula is C34H49N3O11. The van der Waals surface area contributed by atoms with Gasteiger partial charge in [-0.25, -0.2) is 4.79 Å². The minimum atomic E-state index is -1.52. The zero-order chi connectivity index (χ0) is 34.9. The van der Waals surface area contributed by atoms with Gasteiger partial charge in [0.15, 0.2) is 24.6 Å². The zero-order valence-electron chi connectivity index (χ0n) is 27.9. The molecule has 4 N–H and O–H groups in total. The normalized spacial score (nSPS) is 26.0. The van der Waals surface area contributed by atoms with E-state index in [1.54, 1.807) is 42.5 Å². The Kier molecular flexibility index (Phi) is 16.3. The van der Waals surface area contributed by atoms with Gasteiger partial charge in [0.1, 0.15) is 6.10 Å². The number of fused-ring (bicyclic) bond motifs is 1. The highest BCUT2D eigenvalue weighted by Gasteiger charge is 2.53. The Morgan fingerprint density at radius 3 is 1.90 bits per heavy atom. The van der Waals surface area contributed by atoms with Gasteiger partial charge in [-0.2, -0.15) is 0 Å². The minimum Gasteiger partial charge on any atom is -0.454 e. The number of nitrogens with one attached hydrogen (secondary N) is 3. The van der Waals surface area contributed by atoms with Gasteiger partial charge in [-0.3, -0.25) is 24.5 Å². The number of rotatable bonds is 14. The molecule has 7 atom stereocenters. The number of ether oxygens (including phenoxy) is 5. The fourth-order valence-electron chi connectivity index (χ4n) is 5.32.